The predicted octanol–water partition coefficient (Wildman–Crippen LogP) is 1.96. The monoisotopic (exact) mass is 193 g/mol. The molecule has 74 valence electrons. The summed E-state index contributed by atoms with van der Waals surface area (Å²) in [6.07, 6.45) is -3.05. The third-order valence-corrected chi connectivity index (χ3v) is 1.62. The van der Waals surface area contributed by atoms with Crippen molar-refractivity contribution in [1.82, 2.24) is 9.78 Å². The van der Waals surface area contributed by atoms with Gasteiger partial charge in [-0.15, -0.1) is 0 Å². The molecule has 13 heavy (non-hydrogen) atoms. The number of aromatic nitrogens is 2. The molecule has 0 saturated heterocycles. The Balaban J connectivity index is 3.11. The molecule has 0 aliphatic carbocycles. The van der Waals surface area contributed by atoms with Crippen molar-refractivity contribution in [2.24, 2.45) is 0 Å². The molecule has 0 unspecified atom stereocenters. The molecule has 1 aromatic rings. The molecule has 0 spiro atoms. The Morgan fingerprint density at radius 3 is 2.46 bits per heavy atom. The van der Waals surface area contributed by atoms with Gasteiger partial charge in [0, 0.05) is 19.8 Å². The largest absolute Gasteiger partial charge is 0.437 e. The maximum atomic E-state index is 12.3. The number of rotatable bonds is 2. The van der Waals surface area contributed by atoms with Crippen molar-refractivity contribution in [2.45, 2.75) is 19.6 Å². The van der Waals surface area contributed by atoms with Crippen molar-refractivity contribution >= 4 is 5.69 Å². The van der Waals surface area contributed by atoms with E-state index in [2.05, 4.69) is 10.4 Å². The van der Waals surface area contributed by atoms with Crippen LogP contribution in [0.5, 0.6) is 0 Å². The summed E-state index contributed by atoms with van der Waals surface area (Å²) in [6.45, 7) is 2.15. The fourth-order valence-electron chi connectivity index (χ4n) is 0.976. The van der Waals surface area contributed by atoms with E-state index in [9.17, 15) is 13.2 Å². The molecule has 0 aliphatic rings. The van der Waals surface area contributed by atoms with Gasteiger partial charge in [-0.1, -0.05) is 0 Å². The fraction of sp³-hybridized carbons (Fsp3) is 0.571. The van der Waals surface area contributed by atoms with E-state index < -0.39 is 11.9 Å². The van der Waals surface area contributed by atoms with Gasteiger partial charge in [0.1, 0.15) is 0 Å². The summed E-state index contributed by atoms with van der Waals surface area (Å²) in [7, 11) is 1.44. The molecule has 0 bridgehead atoms. The van der Waals surface area contributed by atoms with Crippen molar-refractivity contribution in [1.29, 1.82) is 0 Å². The summed E-state index contributed by atoms with van der Waals surface area (Å²) >= 11 is 0. The first kappa shape index (κ1) is 9.88. The van der Waals surface area contributed by atoms with Crippen molar-refractivity contribution in [2.75, 3.05) is 12.4 Å². The predicted molar refractivity (Wildman–Crippen MR) is 42.4 cm³/mol. The first-order chi connectivity index (χ1) is 5.99. The van der Waals surface area contributed by atoms with Gasteiger partial charge in [0.15, 0.2) is 5.69 Å². The number of aryl methyl sites for hydroxylation is 1. The van der Waals surface area contributed by atoms with Crippen molar-refractivity contribution in [3.8, 4) is 0 Å². The van der Waals surface area contributed by atoms with E-state index in [0.717, 1.165) is 0 Å². The van der Waals surface area contributed by atoms with Crippen LogP contribution in [0.4, 0.5) is 18.9 Å². The smallest absolute Gasteiger partial charge is 0.385 e. The summed E-state index contributed by atoms with van der Waals surface area (Å²) in [5.41, 5.74) is -0.855. The summed E-state index contributed by atoms with van der Waals surface area (Å²) in [5.74, 6) is 0. The van der Waals surface area contributed by atoms with Gasteiger partial charge in [-0.2, -0.15) is 18.3 Å². The summed E-state index contributed by atoms with van der Waals surface area (Å²) < 4.78 is 38.1. The van der Waals surface area contributed by atoms with E-state index in [1.54, 1.807) is 6.92 Å². The molecule has 1 N–H and O–H groups in total. The van der Waals surface area contributed by atoms with Crippen LogP contribution in [0.3, 0.4) is 0 Å². The third kappa shape index (κ3) is 1.93. The molecule has 0 aromatic carbocycles. The van der Waals surface area contributed by atoms with Crippen molar-refractivity contribution in [3.63, 3.8) is 0 Å². The van der Waals surface area contributed by atoms with Crippen LogP contribution >= 0.6 is 0 Å². The molecular formula is C7H10F3N3. The molecule has 0 atom stereocenters. The number of alkyl halides is 3. The van der Waals surface area contributed by atoms with Crippen LogP contribution in [-0.2, 0) is 12.7 Å². The van der Waals surface area contributed by atoms with Crippen molar-refractivity contribution < 1.29 is 13.2 Å². The zero-order chi connectivity index (χ0) is 10.1. The first-order valence-corrected chi connectivity index (χ1v) is 3.81. The van der Waals surface area contributed by atoms with Gasteiger partial charge in [-0.05, 0) is 6.92 Å². The van der Waals surface area contributed by atoms with Crippen LogP contribution in [0, 0.1) is 0 Å². The maximum Gasteiger partial charge on any atom is 0.437 e. The number of nitrogens with zero attached hydrogens (tertiary/aromatic N) is 2. The quantitative estimate of drug-likeness (QED) is 0.778. The lowest BCUT2D eigenvalue weighted by Gasteiger charge is -2.04. The molecule has 6 heteroatoms. The molecule has 0 saturated carbocycles. The molecular weight excluding hydrogens is 183 g/mol. The third-order valence-electron chi connectivity index (χ3n) is 1.62. The normalized spacial score (nSPS) is 11.8. The van der Waals surface area contributed by atoms with Gasteiger partial charge in [-0.3, -0.25) is 4.68 Å². The topological polar surface area (TPSA) is 29.9 Å². The highest BCUT2D eigenvalue weighted by Crippen LogP contribution is 2.33. The standard InChI is InChI=1S/C7H10F3N3/c1-3-13-4-5(11-2)6(12-13)7(8,9)10/h4,11H,3H2,1-2H3. The highest BCUT2D eigenvalue weighted by molar-refractivity contribution is 5.47. The Hall–Kier alpha value is -1.20. The van der Waals surface area contributed by atoms with Gasteiger partial charge in [0.2, 0.25) is 0 Å². The lowest BCUT2D eigenvalue weighted by Crippen LogP contribution is -2.09. The average Bonchev–Trinajstić information content (AvgIpc) is 2.46. The molecule has 0 amide bonds. The fourth-order valence-corrected chi connectivity index (χ4v) is 0.976. The van der Waals surface area contributed by atoms with E-state index in [1.165, 1.54) is 17.9 Å². The minimum atomic E-state index is -4.39. The first-order valence-electron chi connectivity index (χ1n) is 3.81. The molecule has 1 aromatic heterocycles. The summed E-state index contributed by atoms with van der Waals surface area (Å²) in [4.78, 5) is 0. The van der Waals surface area contributed by atoms with Crippen LogP contribution in [0.25, 0.3) is 0 Å². The van der Waals surface area contributed by atoms with Crippen LogP contribution in [-0.4, -0.2) is 16.8 Å². The second kappa shape index (κ2) is 3.27. The van der Waals surface area contributed by atoms with E-state index >= 15 is 0 Å². The molecule has 0 aliphatic heterocycles. The number of hydrogen-bond donors (Lipinski definition) is 1. The maximum absolute atomic E-state index is 12.3. The van der Waals surface area contributed by atoms with Crippen LogP contribution in [0.2, 0.25) is 0 Å². The van der Waals surface area contributed by atoms with Crippen LogP contribution in [0.15, 0.2) is 6.20 Å². The number of nitrogens with one attached hydrogen (secondary N) is 1. The Morgan fingerprint density at radius 1 is 1.54 bits per heavy atom. The Morgan fingerprint density at radius 2 is 2.15 bits per heavy atom. The summed E-state index contributed by atoms with van der Waals surface area (Å²) in [5, 5.41) is 5.85. The highest BCUT2D eigenvalue weighted by atomic mass is 19.4. The second-order valence-electron chi connectivity index (χ2n) is 2.49. The van der Waals surface area contributed by atoms with E-state index in [-0.39, 0.29) is 5.69 Å². The zero-order valence-corrected chi connectivity index (χ0v) is 7.31. The van der Waals surface area contributed by atoms with E-state index in [4.69, 9.17) is 0 Å². The van der Waals surface area contributed by atoms with E-state index in [0.29, 0.717) is 6.54 Å². The SMILES string of the molecule is CCn1cc(NC)c(C(F)(F)F)n1. The minimum absolute atomic E-state index is 0.00866. The Kier molecular flexibility index (Phi) is 2.49. The van der Waals surface area contributed by atoms with Gasteiger partial charge in [-0.25, -0.2) is 0 Å². The lowest BCUT2D eigenvalue weighted by molar-refractivity contribution is -0.140. The molecule has 1 heterocycles. The molecule has 1 rings (SSSR count). The van der Waals surface area contributed by atoms with Gasteiger partial charge < -0.3 is 5.32 Å². The number of anilines is 1. The van der Waals surface area contributed by atoms with Crippen molar-refractivity contribution in [3.05, 3.63) is 11.9 Å². The summed E-state index contributed by atoms with van der Waals surface area (Å²) in [6, 6.07) is 0. The Labute approximate surface area is 73.5 Å². The van der Waals surface area contributed by atoms with Gasteiger partial charge in [0.05, 0.1) is 5.69 Å². The van der Waals surface area contributed by atoms with Gasteiger partial charge >= 0.3 is 6.18 Å². The number of halogens is 3. The minimum Gasteiger partial charge on any atom is -0.385 e. The molecule has 0 radical (unpaired) electrons. The second-order valence-corrected chi connectivity index (χ2v) is 2.49. The molecule has 0 fully saturated rings. The van der Waals surface area contributed by atoms with Crippen LogP contribution in [0.1, 0.15) is 12.6 Å². The molecule has 3 nitrogen and oxygen atoms in total. The average molecular weight is 193 g/mol. The van der Waals surface area contributed by atoms with Gasteiger partial charge in [0.25, 0.3) is 0 Å². The zero-order valence-electron chi connectivity index (χ0n) is 7.31. The van der Waals surface area contributed by atoms with Crippen LogP contribution < -0.4 is 5.32 Å². The number of hydrogen-bond acceptors (Lipinski definition) is 2. The lowest BCUT2D eigenvalue weighted by atomic mass is 10.3. The Bertz CT molecular complexity index is 290. The van der Waals surface area contributed by atoms with E-state index in [1.807, 2.05) is 0 Å². The highest BCUT2D eigenvalue weighted by Gasteiger charge is 2.36.